The normalized spacial score (nSPS) is 14.9. The van der Waals surface area contributed by atoms with E-state index in [1.807, 2.05) is 77.4 Å². The minimum absolute atomic E-state index is 0.308. The number of nitriles is 1. The van der Waals surface area contributed by atoms with Gasteiger partial charge in [0.05, 0.1) is 25.0 Å². The molecular weight excluding hydrogens is 426 g/mol. The summed E-state index contributed by atoms with van der Waals surface area (Å²) in [6, 6.07) is 25.7. The lowest BCUT2D eigenvalue weighted by molar-refractivity contribution is -0.115. The Balaban J connectivity index is 1.51. The van der Waals surface area contributed by atoms with Crippen molar-refractivity contribution in [3.63, 3.8) is 0 Å². The van der Waals surface area contributed by atoms with Gasteiger partial charge in [0.1, 0.15) is 0 Å². The highest BCUT2D eigenvalue weighted by Gasteiger charge is 2.29. The Hall–Kier alpha value is -4.28. The van der Waals surface area contributed by atoms with Crippen molar-refractivity contribution in [1.29, 1.82) is 5.26 Å². The molecule has 1 fully saturated rings. The van der Waals surface area contributed by atoms with Gasteiger partial charge in [-0.15, -0.1) is 10.2 Å². The third-order valence-corrected chi connectivity index (χ3v) is 5.90. The van der Waals surface area contributed by atoms with Crippen LogP contribution in [-0.2, 0) is 9.53 Å². The SMILES string of the molecule is N#CC(C(=O)C=Cc1cccc2ccccc12)c1nnc(N2CCOCC2)n1-c1ccccc1. The fourth-order valence-electron chi connectivity index (χ4n) is 4.18. The highest BCUT2D eigenvalue weighted by Crippen LogP contribution is 2.27. The molecule has 3 aromatic carbocycles. The first-order chi connectivity index (χ1) is 16.8. The van der Waals surface area contributed by atoms with Crippen molar-refractivity contribution in [3.8, 4) is 11.8 Å². The van der Waals surface area contributed by atoms with Gasteiger partial charge < -0.3 is 9.64 Å². The predicted molar refractivity (Wildman–Crippen MR) is 131 cm³/mol. The van der Waals surface area contributed by atoms with Gasteiger partial charge in [-0.2, -0.15) is 5.26 Å². The lowest BCUT2D eigenvalue weighted by atomic mass is 10.0. The molecule has 7 heteroatoms. The number of para-hydroxylation sites is 1. The van der Waals surface area contributed by atoms with E-state index in [1.54, 1.807) is 6.08 Å². The summed E-state index contributed by atoms with van der Waals surface area (Å²) in [6.45, 7) is 2.50. The topological polar surface area (TPSA) is 84.0 Å². The summed E-state index contributed by atoms with van der Waals surface area (Å²) in [6.07, 6.45) is 3.23. The molecule has 1 atom stereocenters. The highest BCUT2D eigenvalue weighted by atomic mass is 16.5. The molecule has 168 valence electrons. The van der Waals surface area contributed by atoms with Crippen LogP contribution >= 0.6 is 0 Å². The van der Waals surface area contributed by atoms with Crippen molar-refractivity contribution in [2.24, 2.45) is 0 Å². The van der Waals surface area contributed by atoms with Crippen molar-refractivity contribution in [2.75, 3.05) is 31.2 Å². The van der Waals surface area contributed by atoms with Crippen LogP contribution in [0.3, 0.4) is 0 Å². The highest BCUT2D eigenvalue weighted by molar-refractivity contribution is 6.02. The molecule has 1 unspecified atom stereocenters. The number of ether oxygens (including phenoxy) is 1. The molecular formula is C27H23N5O2. The Morgan fingerprint density at radius 3 is 2.50 bits per heavy atom. The number of allylic oxidation sites excluding steroid dienone is 1. The zero-order valence-corrected chi connectivity index (χ0v) is 18.5. The van der Waals surface area contributed by atoms with Crippen molar-refractivity contribution >= 4 is 28.6 Å². The molecule has 0 aliphatic carbocycles. The molecule has 0 N–H and O–H groups in total. The zero-order chi connectivity index (χ0) is 23.3. The molecule has 1 aliphatic heterocycles. The van der Waals surface area contributed by atoms with Crippen molar-refractivity contribution < 1.29 is 9.53 Å². The lowest BCUT2D eigenvalue weighted by Gasteiger charge is -2.28. The Bertz CT molecular complexity index is 1380. The molecule has 0 spiro atoms. The number of benzene rings is 3. The van der Waals surface area contributed by atoms with Crippen LogP contribution in [0.5, 0.6) is 0 Å². The quantitative estimate of drug-likeness (QED) is 0.411. The van der Waals surface area contributed by atoms with E-state index in [-0.39, 0.29) is 5.78 Å². The largest absolute Gasteiger partial charge is 0.378 e. The zero-order valence-electron chi connectivity index (χ0n) is 18.5. The minimum atomic E-state index is -1.09. The number of hydrogen-bond donors (Lipinski definition) is 0. The third kappa shape index (κ3) is 4.19. The standard InChI is InChI=1S/C27H23N5O2/c28-19-24(25(33)14-13-21-9-6-8-20-7-4-5-12-23(20)21)26-29-30-27(31-15-17-34-18-16-31)32(26)22-10-2-1-3-11-22/h1-14,24H,15-18H2. The molecule has 5 rings (SSSR count). The second-order valence-corrected chi connectivity index (χ2v) is 7.99. The summed E-state index contributed by atoms with van der Waals surface area (Å²) in [7, 11) is 0. The molecule has 1 aromatic heterocycles. The van der Waals surface area contributed by atoms with Crippen molar-refractivity contribution in [1.82, 2.24) is 14.8 Å². The van der Waals surface area contributed by atoms with E-state index < -0.39 is 5.92 Å². The number of carbonyl (C=O) groups excluding carboxylic acids is 1. The van der Waals surface area contributed by atoms with E-state index in [0.717, 1.165) is 22.0 Å². The van der Waals surface area contributed by atoms with Crippen LogP contribution in [-0.4, -0.2) is 46.9 Å². The van der Waals surface area contributed by atoms with Crippen LogP contribution in [0.2, 0.25) is 0 Å². The Labute approximate surface area is 197 Å². The molecule has 7 nitrogen and oxygen atoms in total. The van der Waals surface area contributed by atoms with Gasteiger partial charge in [0.15, 0.2) is 17.5 Å². The van der Waals surface area contributed by atoms with Crippen LogP contribution in [0.4, 0.5) is 5.95 Å². The molecule has 1 saturated heterocycles. The van der Waals surface area contributed by atoms with E-state index in [9.17, 15) is 10.1 Å². The lowest BCUT2D eigenvalue weighted by Crippen LogP contribution is -2.38. The fraction of sp³-hybridized carbons (Fsp3) is 0.185. The first-order valence-corrected chi connectivity index (χ1v) is 11.2. The average Bonchev–Trinajstić information content (AvgIpc) is 3.33. The summed E-state index contributed by atoms with van der Waals surface area (Å²) in [5, 5.41) is 20.8. The Kier molecular flexibility index (Phi) is 6.15. The van der Waals surface area contributed by atoms with Gasteiger partial charge in [0, 0.05) is 13.1 Å². The molecule has 0 bridgehead atoms. The number of hydrogen-bond acceptors (Lipinski definition) is 6. The number of morpholine rings is 1. The van der Waals surface area contributed by atoms with E-state index in [4.69, 9.17) is 4.74 Å². The van der Waals surface area contributed by atoms with Gasteiger partial charge >= 0.3 is 0 Å². The molecule has 0 amide bonds. The molecule has 0 saturated carbocycles. The maximum Gasteiger partial charge on any atom is 0.232 e. The number of aromatic nitrogens is 3. The molecule has 2 heterocycles. The van der Waals surface area contributed by atoms with Gasteiger partial charge in [-0.3, -0.25) is 9.36 Å². The molecule has 1 aliphatic rings. The fourth-order valence-corrected chi connectivity index (χ4v) is 4.18. The van der Waals surface area contributed by atoms with E-state index >= 15 is 0 Å². The first-order valence-electron chi connectivity index (χ1n) is 11.2. The summed E-state index contributed by atoms with van der Waals surface area (Å²) in [5.74, 6) is -0.513. The summed E-state index contributed by atoms with van der Waals surface area (Å²) < 4.78 is 7.28. The maximum absolute atomic E-state index is 13.2. The molecule has 0 radical (unpaired) electrons. The number of ketones is 1. The van der Waals surface area contributed by atoms with E-state index in [0.29, 0.717) is 38.1 Å². The van der Waals surface area contributed by atoms with Gasteiger partial charge in [-0.1, -0.05) is 66.7 Å². The number of rotatable bonds is 6. The van der Waals surface area contributed by atoms with Gasteiger partial charge in [0.2, 0.25) is 5.95 Å². The minimum Gasteiger partial charge on any atom is -0.378 e. The second kappa shape index (κ2) is 9.69. The third-order valence-electron chi connectivity index (χ3n) is 5.90. The smallest absolute Gasteiger partial charge is 0.232 e. The van der Waals surface area contributed by atoms with Gasteiger partial charge in [-0.05, 0) is 34.5 Å². The van der Waals surface area contributed by atoms with Crippen LogP contribution in [0, 0.1) is 11.3 Å². The van der Waals surface area contributed by atoms with Crippen LogP contribution in [0.15, 0.2) is 78.9 Å². The molecule has 34 heavy (non-hydrogen) atoms. The number of carbonyl (C=O) groups is 1. The van der Waals surface area contributed by atoms with Crippen LogP contribution in [0.1, 0.15) is 17.3 Å². The Morgan fingerprint density at radius 2 is 1.71 bits per heavy atom. The van der Waals surface area contributed by atoms with Crippen molar-refractivity contribution in [2.45, 2.75) is 5.92 Å². The van der Waals surface area contributed by atoms with E-state index in [2.05, 4.69) is 21.2 Å². The second-order valence-electron chi connectivity index (χ2n) is 7.99. The monoisotopic (exact) mass is 449 g/mol. The summed E-state index contributed by atoms with van der Waals surface area (Å²) in [5.41, 5.74) is 1.72. The number of nitrogens with zero attached hydrogens (tertiary/aromatic N) is 5. The Morgan fingerprint density at radius 1 is 0.971 bits per heavy atom. The number of fused-ring (bicyclic) bond motifs is 1. The average molecular weight is 450 g/mol. The number of anilines is 1. The van der Waals surface area contributed by atoms with Crippen LogP contribution in [0.25, 0.3) is 22.5 Å². The summed E-state index contributed by atoms with van der Waals surface area (Å²) in [4.78, 5) is 15.3. The summed E-state index contributed by atoms with van der Waals surface area (Å²) >= 11 is 0. The maximum atomic E-state index is 13.2. The van der Waals surface area contributed by atoms with Crippen molar-refractivity contribution in [3.05, 3.63) is 90.3 Å². The van der Waals surface area contributed by atoms with Crippen LogP contribution < -0.4 is 4.90 Å². The van der Waals surface area contributed by atoms with Gasteiger partial charge in [0.25, 0.3) is 0 Å². The predicted octanol–water partition coefficient (Wildman–Crippen LogP) is 4.15. The van der Waals surface area contributed by atoms with E-state index in [1.165, 1.54) is 6.08 Å². The van der Waals surface area contributed by atoms with Gasteiger partial charge in [-0.25, -0.2) is 0 Å². The first kappa shape index (κ1) is 21.6. The molecule has 4 aromatic rings.